The summed E-state index contributed by atoms with van der Waals surface area (Å²) in [6.07, 6.45) is 0.807. The van der Waals surface area contributed by atoms with Crippen molar-refractivity contribution in [3.05, 3.63) is 23.8 Å². The number of carbonyl (C=O) groups excluding carboxylic acids is 3. The lowest BCUT2D eigenvalue weighted by molar-refractivity contribution is -0.153. The third-order valence-corrected chi connectivity index (χ3v) is 5.15. The van der Waals surface area contributed by atoms with Gasteiger partial charge in [-0.05, 0) is 24.6 Å². The molecule has 1 aromatic carbocycles. The average Bonchev–Trinajstić information content (AvgIpc) is 2.78. The molecule has 2 amide bonds. The number of hydrogen-bond acceptors (Lipinski definition) is 8. The molecule has 1 aromatic rings. The number of piperazine rings is 1. The average molecular weight is 418 g/mol. The first-order valence-corrected chi connectivity index (χ1v) is 9.73. The lowest BCUT2D eigenvalue weighted by atomic mass is 9.91. The molecule has 2 heterocycles. The van der Waals surface area contributed by atoms with Gasteiger partial charge in [-0.1, -0.05) is 6.07 Å². The summed E-state index contributed by atoms with van der Waals surface area (Å²) >= 11 is 0. The highest BCUT2D eigenvalue weighted by Crippen LogP contribution is 2.36. The Morgan fingerprint density at radius 1 is 1.20 bits per heavy atom. The Labute approximate surface area is 174 Å². The normalized spacial score (nSPS) is 21.4. The van der Waals surface area contributed by atoms with Crippen molar-refractivity contribution in [2.24, 2.45) is 10.9 Å². The molecule has 0 unspecified atom stereocenters. The maximum absolute atomic E-state index is 12.9. The van der Waals surface area contributed by atoms with Crippen LogP contribution in [0, 0.1) is 5.92 Å². The Hall–Kier alpha value is -3.30. The molecule has 0 aliphatic carbocycles. The van der Waals surface area contributed by atoms with Gasteiger partial charge in [-0.25, -0.2) is 4.99 Å². The van der Waals surface area contributed by atoms with Gasteiger partial charge in [-0.2, -0.15) is 0 Å². The summed E-state index contributed by atoms with van der Waals surface area (Å²) in [7, 11) is 3.04. The number of rotatable bonds is 6. The number of ether oxygens (including phenoxy) is 3. The summed E-state index contributed by atoms with van der Waals surface area (Å²) in [4.78, 5) is 44.7. The largest absolute Gasteiger partial charge is 0.493 e. The summed E-state index contributed by atoms with van der Waals surface area (Å²) in [6.45, 7) is 3.96. The van der Waals surface area contributed by atoms with Crippen LogP contribution in [0.25, 0.3) is 0 Å². The molecule has 10 nitrogen and oxygen atoms in total. The smallest absolute Gasteiger partial charge is 0.321 e. The molecule has 162 valence electrons. The van der Waals surface area contributed by atoms with Gasteiger partial charge in [0.25, 0.3) is 0 Å². The van der Waals surface area contributed by atoms with Crippen molar-refractivity contribution in [3.8, 4) is 11.5 Å². The number of benzene rings is 1. The number of methoxy groups -OCH3 is 2. The van der Waals surface area contributed by atoms with Gasteiger partial charge in [0.1, 0.15) is 6.04 Å². The van der Waals surface area contributed by atoms with Crippen LogP contribution < -0.4 is 14.8 Å². The number of guanidine groups is 1. The molecule has 2 aliphatic heterocycles. The van der Waals surface area contributed by atoms with Gasteiger partial charge in [0.2, 0.25) is 18.3 Å². The molecule has 2 atom stereocenters. The fourth-order valence-corrected chi connectivity index (χ4v) is 3.54. The summed E-state index contributed by atoms with van der Waals surface area (Å²) in [5.41, 5.74) is 0.629. The van der Waals surface area contributed by atoms with Crippen molar-refractivity contribution < 1.29 is 28.6 Å². The summed E-state index contributed by atoms with van der Waals surface area (Å²) in [5.74, 6) is -0.850. The van der Waals surface area contributed by atoms with Gasteiger partial charge >= 0.3 is 5.97 Å². The highest BCUT2D eigenvalue weighted by Gasteiger charge is 2.42. The van der Waals surface area contributed by atoms with Gasteiger partial charge in [0, 0.05) is 26.2 Å². The van der Waals surface area contributed by atoms with E-state index in [0.29, 0.717) is 49.2 Å². The lowest BCUT2D eigenvalue weighted by Gasteiger charge is -2.37. The van der Waals surface area contributed by atoms with Gasteiger partial charge < -0.3 is 24.0 Å². The number of amides is 2. The van der Waals surface area contributed by atoms with Crippen LogP contribution in [-0.2, 0) is 19.1 Å². The Kier molecular flexibility index (Phi) is 6.76. The van der Waals surface area contributed by atoms with Crippen LogP contribution in [0.4, 0.5) is 0 Å². The van der Waals surface area contributed by atoms with E-state index in [-0.39, 0.29) is 6.61 Å². The maximum atomic E-state index is 12.9. The molecule has 3 rings (SSSR count). The molecule has 1 fully saturated rings. The van der Waals surface area contributed by atoms with E-state index in [4.69, 9.17) is 19.2 Å². The van der Waals surface area contributed by atoms with Crippen LogP contribution in [-0.4, -0.2) is 81.1 Å². The number of aliphatic imine (C=N–C) groups is 1. The summed E-state index contributed by atoms with van der Waals surface area (Å²) in [6, 6.07) is 4.39. The predicted octanol–water partition coefficient (Wildman–Crippen LogP) is 0.184. The van der Waals surface area contributed by atoms with E-state index in [0.717, 1.165) is 6.41 Å². The van der Waals surface area contributed by atoms with Crippen LogP contribution in [0.1, 0.15) is 18.5 Å². The molecule has 0 aromatic heterocycles. The molecule has 0 saturated carbocycles. The zero-order valence-corrected chi connectivity index (χ0v) is 17.3. The van der Waals surface area contributed by atoms with Gasteiger partial charge in [-0.3, -0.25) is 19.7 Å². The Morgan fingerprint density at radius 2 is 1.90 bits per heavy atom. The second kappa shape index (κ2) is 9.47. The second-order valence-corrected chi connectivity index (χ2v) is 6.86. The SMILES string of the molecule is CCOC(=O)[C@@H]1C(=O)NC(N2CCN(C=O)CC2)=N[C@@H]1c1ccc(OC)c(OC)c1. The molecule has 30 heavy (non-hydrogen) atoms. The van der Waals surface area contributed by atoms with E-state index in [1.165, 1.54) is 14.2 Å². The fourth-order valence-electron chi connectivity index (χ4n) is 3.54. The third kappa shape index (κ3) is 4.32. The Bertz CT molecular complexity index is 835. The van der Waals surface area contributed by atoms with E-state index in [2.05, 4.69) is 5.32 Å². The van der Waals surface area contributed by atoms with Gasteiger partial charge in [0.15, 0.2) is 17.4 Å². The van der Waals surface area contributed by atoms with Crippen LogP contribution >= 0.6 is 0 Å². The van der Waals surface area contributed by atoms with E-state index in [1.54, 1.807) is 30.0 Å². The third-order valence-electron chi connectivity index (χ3n) is 5.15. The molecule has 2 aliphatic rings. The summed E-state index contributed by atoms with van der Waals surface area (Å²) in [5, 5.41) is 2.73. The number of carbonyl (C=O) groups is 3. The molecule has 10 heteroatoms. The van der Waals surface area contributed by atoms with E-state index in [9.17, 15) is 14.4 Å². The van der Waals surface area contributed by atoms with Crippen LogP contribution in [0.2, 0.25) is 0 Å². The Balaban J connectivity index is 1.97. The van der Waals surface area contributed by atoms with Crippen molar-refractivity contribution in [2.75, 3.05) is 47.0 Å². The minimum Gasteiger partial charge on any atom is -0.493 e. The maximum Gasteiger partial charge on any atom is 0.321 e. The zero-order valence-electron chi connectivity index (χ0n) is 17.3. The number of esters is 1. The topological polar surface area (TPSA) is 110 Å². The van der Waals surface area contributed by atoms with Gasteiger partial charge in [0.05, 0.1) is 20.8 Å². The van der Waals surface area contributed by atoms with Crippen molar-refractivity contribution >= 4 is 24.2 Å². The first kappa shape index (κ1) is 21.4. The predicted molar refractivity (Wildman–Crippen MR) is 107 cm³/mol. The first-order valence-electron chi connectivity index (χ1n) is 9.73. The van der Waals surface area contributed by atoms with Crippen molar-refractivity contribution in [3.63, 3.8) is 0 Å². The zero-order chi connectivity index (χ0) is 21.7. The monoisotopic (exact) mass is 418 g/mol. The van der Waals surface area contributed by atoms with Crippen molar-refractivity contribution in [2.45, 2.75) is 13.0 Å². The fraction of sp³-hybridized carbons (Fsp3) is 0.500. The van der Waals surface area contributed by atoms with Crippen LogP contribution in [0.3, 0.4) is 0 Å². The van der Waals surface area contributed by atoms with Crippen molar-refractivity contribution in [1.29, 1.82) is 0 Å². The van der Waals surface area contributed by atoms with E-state index in [1.807, 2.05) is 4.90 Å². The first-order chi connectivity index (χ1) is 14.5. The number of nitrogens with one attached hydrogen (secondary N) is 1. The van der Waals surface area contributed by atoms with Crippen molar-refractivity contribution in [1.82, 2.24) is 15.1 Å². The standard InChI is InChI=1S/C20H26N4O6/c1-4-30-19(27)16-17(13-5-6-14(28-2)15(11-13)29-3)21-20(22-18(16)26)24-9-7-23(12-25)8-10-24/h5-6,11-12,16-17H,4,7-10H2,1-3H3,(H,21,22,26)/t16-,17+/m0/s1. The summed E-state index contributed by atoms with van der Waals surface area (Å²) < 4.78 is 15.8. The molecule has 1 saturated heterocycles. The van der Waals surface area contributed by atoms with Crippen LogP contribution in [0.5, 0.6) is 11.5 Å². The Morgan fingerprint density at radius 3 is 2.50 bits per heavy atom. The van der Waals surface area contributed by atoms with E-state index < -0.39 is 23.8 Å². The molecular formula is C20H26N4O6. The van der Waals surface area contributed by atoms with Gasteiger partial charge in [-0.15, -0.1) is 0 Å². The minimum atomic E-state index is -1.12. The second-order valence-electron chi connectivity index (χ2n) is 6.86. The molecular weight excluding hydrogens is 392 g/mol. The van der Waals surface area contributed by atoms with E-state index >= 15 is 0 Å². The molecule has 1 N–H and O–H groups in total. The highest BCUT2D eigenvalue weighted by molar-refractivity contribution is 6.08. The lowest BCUT2D eigenvalue weighted by Crippen LogP contribution is -2.57. The van der Waals surface area contributed by atoms with Crippen LogP contribution in [0.15, 0.2) is 23.2 Å². The number of hydrogen-bond donors (Lipinski definition) is 1. The quantitative estimate of drug-likeness (QED) is 0.399. The molecule has 0 radical (unpaired) electrons. The molecule has 0 bridgehead atoms. The number of nitrogens with zero attached hydrogens (tertiary/aromatic N) is 3. The minimum absolute atomic E-state index is 0.158. The highest BCUT2D eigenvalue weighted by atomic mass is 16.5. The molecule has 0 spiro atoms.